The third-order valence-corrected chi connectivity index (χ3v) is 2.81. The van der Waals surface area contributed by atoms with Gasteiger partial charge >= 0.3 is 0 Å². The lowest BCUT2D eigenvalue weighted by molar-refractivity contribution is 0.405. The average Bonchev–Trinajstić information content (AvgIpc) is 2.40. The van der Waals surface area contributed by atoms with Crippen LogP contribution in [0, 0.1) is 0 Å². The number of unbranched alkanes of at least 4 members (excludes halogenated alkanes) is 2. The van der Waals surface area contributed by atoms with Crippen LogP contribution >= 0.6 is 0 Å². The lowest BCUT2D eigenvalue weighted by Gasteiger charge is -2.10. The molecule has 1 aromatic rings. The number of nitrogens with zero attached hydrogens (tertiary/aromatic N) is 3. The molecule has 0 spiro atoms. The molecule has 108 valence electrons. The lowest BCUT2D eigenvalue weighted by Crippen LogP contribution is -2.17. The maximum atomic E-state index is 4.44. The van der Waals surface area contributed by atoms with Gasteiger partial charge in [0.15, 0.2) is 0 Å². The molecule has 5 heteroatoms. The highest BCUT2D eigenvalue weighted by atomic mass is 15.1. The van der Waals surface area contributed by atoms with Gasteiger partial charge in [-0.25, -0.2) is 4.98 Å². The fourth-order valence-corrected chi connectivity index (χ4v) is 1.73. The summed E-state index contributed by atoms with van der Waals surface area (Å²) in [7, 11) is 4.16. The van der Waals surface area contributed by atoms with Gasteiger partial charge in [-0.3, -0.25) is 0 Å². The van der Waals surface area contributed by atoms with E-state index in [4.69, 9.17) is 0 Å². The molecule has 0 atom stereocenters. The van der Waals surface area contributed by atoms with Gasteiger partial charge in [-0.1, -0.05) is 19.8 Å². The second kappa shape index (κ2) is 9.55. The molecule has 0 amide bonds. The summed E-state index contributed by atoms with van der Waals surface area (Å²) < 4.78 is 0. The highest BCUT2D eigenvalue weighted by molar-refractivity contribution is 5.39. The van der Waals surface area contributed by atoms with E-state index in [0.29, 0.717) is 5.95 Å². The molecule has 0 aliphatic rings. The van der Waals surface area contributed by atoms with Crippen molar-refractivity contribution in [2.75, 3.05) is 44.4 Å². The maximum absolute atomic E-state index is 4.44. The molecule has 1 aromatic heterocycles. The van der Waals surface area contributed by atoms with E-state index >= 15 is 0 Å². The predicted molar refractivity (Wildman–Crippen MR) is 81.7 cm³/mol. The summed E-state index contributed by atoms with van der Waals surface area (Å²) in [5.41, 5.74) is 0. The summed E-state index contributed by atoms with van der Waals surface area (Å²) in [4.78, 5) is 10.8. The van der Waals surface area contributed by atoms with Gasteiger partial charge in [0.2, 0.25) is 5.95 Å². The second-order valence-corrected chi connectivity index (χ2v) is 4.98. The van der Waals surface area contributed by atoms with Crippen LogP contribution in [0.1, 0.15) is 32.6 Å². The van der Waals surface area contributed by atoms with Gasteiger partial charge in [0.25, 0.3) is 0 Å². The molecule has 0 fully saturated rings. The van der Waals surface area contributed by atoms with Gasteiger partial charge in [0.05, 0.1) is 0 Å². The standard InChI is InChI=1S/C14H27N5/c1-4-5-6-9-15-13-8-11-17-14(18-13)16-10-7-12-19(2)3/h8,11H,4-7,9-10,12H2,1-3H3,(H2,15,16,17,18). The van der Waals surface area contributed by atoms with Crippen LogP contribution in [-0.2, 0) is 0 Å². The highest BCUT2D eigenvalue weighted by Gasteiger charge is 1.98. The zero-order valence-electron chi connectivity index (χ0n) is 12.4. The van der Waals surface area contributed by atoms with E-state index in [1.807, 2.05) is 6.07 Å². The average molecular weight is 265 g/mol. The van der Waals surface area contributed by atoms with Crippen molar-refractivity contribution in [3.63, 3.8) is 0 Å². The van der Waals surface area contributed by atoms with Crippen molar-refractivity contribution in [1.82, 2.24) is 14.9 Å². The molecule has 5 nitrogen and oxygen atoms in total. The Bertz CT molecular complexity index is 340. The molecular weight excluding hydrogens is 238 g/mol. The van der Waals surface area contributed by atoms with Crippen LogP contribution in [0.25, 0.3) is 0 Å². The zero-order valence-corrected chi connectivity index (χ0v) is 12.4. The third-order valence-electron chi connectivity index (χ3n) is 2.81. The van der Waals surface area contributed by atoms with Gasteiger partial charge < -0.3 is 15.5 Å². The van der Waals surface area contributed by atoms with Crippen molar-refractivity contribution in [3.05, 3.63) is 12.3 Å². The monoisotopic (exact) mass is 265 g/mol. The van der Waals surface area contributed by atoms with E-state index in [-0.39, 0.29) is 0 Å². The molecule has 0 aromatic carbocycles. The molecule has 0 saturated carbocycles. The summed E-state index contributed by atoms with van der Waals surface area (Å²) >= 11 is 0. The fourth-order valence-electron chi connectivity index (χ4n) is 1.73. The molecule has 19 heavy (non-hydrogen) atoms. The minimum Gasteiger partial charge on any atom is -0.370 e. The van der Waals surface area contributed by atoms with Gasteiger partial charge in [0.1, 0.15) is 5.82 Å². The quantitative estimate of drug-likeness (QED) is 0.636. The molecule has 1 rings (SSSR count). The van der Waals surface area contributed by atoms with E-state index in [9.17, 15) is 0 Å². The summed E-state index contributed by atoms with van der Waals surface area (Å²) in [5.74, 6) is 1.61. The SMILES string of the molecule is CCCCCNc1ccnc(NCCCN(C)C)n1. The van der Waals surface area contributed by atoms with E-state index in [0.717, 1.165) is 31.9 Å². The third kappa shape index (κ3) is 7.62. The number of rotatable bonds is 10. The number of aromatic nitrogens is 2. The van der Waals surface area contributed by atoms with E-state index in [1.54, 1.807) is 6.20 Å². The van der Waals surface area contributed by atoms with Crippen molar-refractivity contribution in [2.24, 2.45) is 0 Å². The normalized spacial score (nSPS) is 10.7. The zero-order chi connectivity index (χ0) is 13.9. The molecule has 0 aliphatic carbocycles. The van der Waals surface area contributed by atoms with Gasteiger partial charge in [-0.05, 0) is 39.5 Å². The van der Waals surface area contributed by atoms with Crippen LogP contribution in [0.2, 0.25) is 0 Å². The molecule has 0 saturated heterocycles. The molecule has 0 aliphatic heterocycles. The van der Waals surface area contributed by atoms with Crippen molar-refractivity contribution in [3.8, 4) is 0 Å². The van der Waals surface area contributed by atoms with Crippen LogP contribution in [-0.4, -0.2) is 48.6 Å². The Hall–Kier alpha value is -1.36. The van der Waals surface area contributed by atoms with Crippen molar-refractivity contribution < 1.29 is 0 Å². The van der Waals surface area contributed by atoms with E-state index in [2.05, 4.69) is 46.5 Å². The van der Waals surface area contributed by atoms with Crippen LogP contribution in [0.5, 0.6) is 0 Å². The Labute approximate surface area is 116 Å². The Morgan fingerprint density at radius 2 is 1.89 bits per heavy atom. The Kier molecular flexibility index (Phi) is 7.89. The lowest BCUT2D eigenvalue weighted by atomic mass is 10.2. The first-order valence-electron chi connectivity index (χ1n) is 7.18. The topological polar surface area (TPSA) is 53.1 Å². The maximum Gasteiger partial charge on any atom is 0.224 e. The summed E-state index contributed by atoms with van der Waals surface area (Å²) in [6.07, 6.45) is 6.57. The highest BCUT2D eigenvalue weighted by Crippen LogP contribution is 2.06. The van der Waals surface area contributed by atoms with Crippen molar-refractivity contribution >= 4 is 11.8 Å². The Morgan fingerprint density at radius 3 is 2.63 bits per heavy atom. The van der Waals surface area contributed by atoms with Crippen LogP contribution in [0.3, 0.4) is 0 Å². The summed E-state index contributed by atoms with van der Waals surface area (Å²) in [6, 6.07) is 1.91. The minimum absolute atomic E-state index is 0.708. The number of hydrogen-bond donors (Lipinski definition) is 2. The first-order chi connectivity index (χ1) is 9.22. The van der Waals surface area contributed by atoms with Crippen LogP contribution in [0.15, 0.2) is 12.3 Å². The Balaban J connectivity index is 2.27. The first-order valence-corrected chi connectivity index (χ1v) is 7.18. The molecule has 1 heterocycles. The molecular formula is C14H27N5. The van der Waals surface area contributed by atoms with E-state index in [1.165, 1.54) is 19.3 Å². The minimum atomic E-state index is 0.708. The Morgan fingerprint density at radius 1 is 1.11 bits per heavy atom. The summed E-state index contributed by atoms with van der Waals surface area (Å²) in [5, 5.41) is 6.58. The number of nitrogens with one attached hydrogen (secondary N) is 2. The van der Waals surface area contributed by atoms with Gasteiger partial charge in [-0.15, -0.1) is 0 Å². The smallest absolute Gasteiger partial charge is 0.224 e. The first kappa shape index (κ1) is 15.7. The predicted octanol–water partition coefficient (Wildman–Crippen LogP) is 2.44. The summed E-state index contributed by atoms with van der Waals surface area (Å²) in [6.45, 7) is 5.16. The van der Waals surface area contributed by atoms with Crippen molar-refractivity contribution in [2.45, 2.75) is 32.6 Å². The van der Waals surface area contributed by atoms with E-state index < -0.39 is 0 Å². The molecule has 0 bridgehead atoms. The molecule has 2 N–H and O–H groups in total. The largest absolute Gasteiger partial charge is 0.370 e. The van der Waals surface area contributed by atoms with Crippen LogP contribution in [0.4, 0.5) is 11.8 Å². The van der Waals surface area contributed by atoms with Crippen LogP contribution < -0.4 is 10.6 Å². The fraction of sp³-hybridized carbons (Fsp3) is 0.714. The van der Waals surface area contributed by atoms with Gasteiger partial charge in [0, 0.05) is 19.3 Å². The van der Waals surface area contributed by atoms with Gasteiger partial charge in [-0.2, -0.15) is 4.98 Å². The van der Waals surface area contributed by atoms with Crippen molar-refractivity contribution in [1.29, 1.82) is 0 Å². The molecule has 0 unspecified atom stereocenters. The number of anilines is 2. The second-order valence-electron chi connectivity index (χ2n) is 4.98. The molecule has 0 radical (unpaired) electrons. The number of hydrogen-bond acceptors (Lipinski definition) is 5.